The summed E-state index contributed by atoms with van der Waals surface area (Å²) in [5, 5.41) is 12.6. The van der Waals surface area contributed by atoms with Crippen molar-refractivity contribution in [2.45, 2.75) is 58.6 Å². The van der Waals surface area contributed by atoms with Gasteiger partial charge in [-0.1, -0.05) is 6.07 Å². The normalized spacial score (nSPS) is 14.9. The van der Waals surface area contributed by atoms with Gasteiger partial charge in [0.05, 0.1) is 11.8 Å². The fourth-order valence-corrected chi connectivity index (χ4v) is 2.36. The number of rotatable bonds is 4. The van der Waals surface area contributed by atoms with Gasteiger partial charge in [0.15, 0.2) is 0 Å². The fraction of sp³-hybridized carbons (Fsp3) is 0.562. The third-order valence-corrected chi connectivity index (χ3v) is 3.33. The molecule has 1 aliphatic heterocycles. The van der Waals surface area contributed by atoms with E-state index in [1.54, 1.807) is 6.07 Å². The molecule has 0 bridgehead atoms. The van der Waals surface area contributed by atoms with Crippen molar-refractivity contribution in [3.63, 3.8) is 0 Å². The quantitative estimate of drug-likeness (QED) is 0.574. The molecule has 5 N–H and O–H groups in total. The van der Waals surface area contributed by atoms with E-state index in [9.17, 15) is 9.90 Å². The zero-order valence-electron chi connectivity index (χ0n) is 14.0. The lowest BCUT2D eigenvalue weighted by Crippen LogP contribution is -2.38. The monoisotopic (exact) mass is 346 g/mol. The van der Waals surface area contributed by atoms with E-state index in [1.165, 1.54) is 0 Å². The van der Waals surface area contributed by atoms with Gasteiger partial charge in [0, 0.05) is 18.4 Å². The van der Waals surface area contributed by atoms with E-state index in [-0.39, 0.29) is 41.2 Å². The van der Waals surface area contributed by atoms with Gasteiger partial charge in [0.1, 0.15) is 5.75 Å². The number of phenolic OH excluding ortho intramolecular Hbond substituents is 1. The first-order chi connectivity index (χ1) is 9.76. The van der Waals surface area contributed by atoms with Crippen molar-refractivity contribution < 1.29 is 20.2 Å². The summed E-state index contributed by atoms with van der Waals surface area (Å²) in [5.74, 6) is 0.0804. The van der Waals surface area contributed by atoms with Crippen LogP contribution in [0.4, 0.5) is 5.69 Å². The van der Waals surface area contributed by atoms with Gasteiger partial charge < -0.3 is 15.9 Å². The van der Waals surface area contributed by atoms with Crippen LogP contribution in [0.1, 0.15) is 45.2 Å². The lowest BCUT2D eigenvalue weighted by molar-refractivity contribution is -0.116. The van der Waals surface area contributed by atoms with Gasteiger partial charge in [0.25, 0.3) is 0 Å². The van der Waals surface area contributed by atoms with Crippen molar-refractivity contribution in [1.82, 2.24) is 5.48 Å². The summed E-state index contributed by atoms with van der Waals surface area (Å²) in [5.41, 5.74) is 5.59. The van der Waals surface area contributed by atoms with E-state index in [0.717, 1.165) is 17.5 Å². The Morgan fingerprint density at radius 2 is 2.00 bits per heavy atom. The Morgan fingerprint density at radius 3 is 2.61 bits per heavy atom. The Bertz CT molecular complexity index is 544. The van der Waals surface area contributed by atoms with Crippen LogP contribution in [0.3, 0.4) is 0 Å². The molecule has 1 aliphatic rings. The van der Waals surface area contributed by atoms with Crippen LogP contribution in [0.15, 0.2) is 12.1 Å². The SMILES string of the molecule is CC(Cc1ccc(O)c2c1CCC(=O)N2)ONC(C)(C)C.Cl.O. The average molecular weight is 347 g/mol. The number of nitrogens with one attached hydrogen (secondary N) is 2. The zero-order chi connectivity index (χ0) is 15.6. The highest BCUT2D eigenvalue weighted by Crippen LogP contribution is 2.34. The van der Waals surface area contributed by atoms with Crippen LogP contribution in [0.25, 0.3) is 0 Å². The predicted molar refractivity (Wildman–Crippen MR) is 93.1 cm³/mol. The molecule has 6 nitrogen and oxygen atoms in total. The summed E-state index contributed by atoms with van der Waals surface area (Å²) >= 11 is 0. The van der Waals surface area contributed by atoms with Crippen molar-refractivity contribution in [2.75, 3.05) is 5.32 Å². The molecule has 0 spiro atoms. The highest BCUT2D eigenvalue weighted by molar-refractivity contribution is 5.95. The van der Waals surface area contributed by atoms with Crippen molar-refractivity contribution in [3.8, 4) is 5.75 Å². The second kappa shape index (κ2) is 8.49. The molecule has 1 aromatic carbocycles. The summed E-state index contributed by atoms with van der Waals surface area (Å²) in [6.45, 7) is 8.12. The molecule has 2 rings (SSSR count). The lowest BCUT2D eigenvalue weighted by atomic mass is 9.93. The van der Waals surface area contributed by atoms with Crippen molar-refractivity contribution >= 4 is 24.0 Å². The Kier molecular flexibility index (Phi) is 8.00. The van der Waals surface area contributed by atoms with Crippen molar-refractivity contribution in [3.05, 3.63) is 23.3 Å². The molecule has 23 heavy (non-hydrogen) atoms. The maximum absolute atomic E-state index is 11.5. The zero-order valence-corrected chi connectivity index (χ0v) is 14.8. The summed E-state index contributed by atoms with van der Waals surface area (Å²) < 4.78 is 0. The molecule has 1 atom stereocenters. The third-order valence-electron chi connectivity index (χ3n) is 3.33. The third kappa shape index (κ3) is 5.99. The highest BCUT2D eigenvalue weighted by atomic mass is 35.5. The molecule has 0 saturated heterocycles. The molecule has 0 radical (unpaired) electrons. The smallest absolute Gasteiger partial charge is 0.224 e. The number of hydrogen-bond donors (Lipinski definition) is 3. The molecular formula is C16H27ClN2O4. The number of benzene rings is 1. The Morgan fingerprint density at radius 1 is 1.35 bits per heavy atom. The number of halogens is 1. The molecule has 1 aromatic rings. The Balaban J connectivity index is 0.00000242. The predicted octanol–water partition coefficient (Wildman–Crippen LogP) is 2.12. The summed E-state index contributed by atoms with van der Waals surface area (Å²) in [6.07, 6.45) is 1.83. The number of fused-ring (bicyclic) bond motifs is 1. The molecule has 1 amide bonds. The van der Waals surface area contributed by atoms with Crippen LogP contribution in [-0.4, -0.2) is 28.1 Å². The molecule has 0 aromatic heterocycles. The van der Waals surface area contributed by atoms with E-state index >= 15 is 0 Å². The first-order valence-electron chi connectivity index (χ1n) is 7.32. The van der Waals surface area contributed by atoms with Crippen LogP contribution >= 0.6 is 12.4 Å². The van der Waals surface area contributed by atoms with Gasteiger partial charge in [-0.05, 0) is 51.3 Å². The maximum atomic E-state index is 11.5. The molecule has 0 aliphatic carbocycles. The number of hydroxylamine groups is 1. The van der Waals surface area contributed by atoms with Crippen molar-refractivity contribution in [2.24, 2.45) is 0 Å². The van der Waals surface area contributed by atoms with Gasteiger partial charge in [-0.15, -0.1) is 12.4 Å². The van der Waals surface area contributed by atoms with Crippen LogP contribution in [0, 0.1) is 0 Å². The minimum atomic E-state index is -0.101. The minimum Gasteiger partial charge on any atom is -0.506 e. The molecule has 1 heterocycles. The fourth-order valence-electron chi connectivity index (χ4n) is 2.36. The second-order valence-electron chi connectivity index (χ2n) is 6.63. The number of carbonyl (C=O) groups excluding carboxylic acids is 1. The van der Waals surface area contributed by atoms with Gasteiger partial charge >= 0.3 is 0 Å². The highest BCUT2D eigenvalue weighted by Gasteiger charge is 2.22. The van der Waals surface area contributed by atoms with Crippen molar-refractivity contribution in [1.29, 1.82) is 0 Å². The van der Waals surface area contributed by atoms with E-state index in [1.807, 2.05) is 33.8 Å². The van der Waals surface area contributed by atoms with Gasteiger partial charge in [-0.3, -0.25) is 9.63 Å². The number of carbonyl (C=O) groups is 1. The number of hydrogen-bond acceptors (Lipinski definition) is 4. The largest absolute Gasteiger partial charge is 0.506 e. The van der Waals surface area contributed by atoms with E-state index in [2.05, 4.69) is 10.8 Å². The molecule has 1 unspecified atom stereocenters. The first kappa shape index (κ1) is 21.7. The number of phenols is 1. The molecule has 7 heteroatoms. The second-order valence-corrected chi connectivity index (χ2v) is 6.63. The maximum Gasteiger partial charge on any atom is 0.224 e. The van der Waals surface area contributed by atoms with Crippen LogP contribution in [0.5, 0.6) is 5.75 Å². The number of amides is 1. The average Bonchev–Trinajstić information content (AvgIpc) is 2.39. The lowest BCUT2D eigenvalue weighted by Gasteiger charge is -2.25. The minimum absolute atomic E-state index is 0. The molecular weight excluding hydrogens is 320 g/mol. The van der Waals surface area contributed by atoms with E-state index in [4.69, 9.17) is 4.84 Å². The van der Waals surface area contributed by atoms with Gasteiger partial charge in [-0.25, -0.2) is 0 Å². The standard InChI is InChI=1S/C16H24N2O3.ClH.H2O/c1-10(21-18-16(2,3)4)9-11-5-7-13(19)15-12(11)6-8-14(20)17-15;;/h5,7,10,18-19H,6,8-9H2,1-4H3,(H,17,20);1H;1H2. The first-order valence-corrected chi connectivity index (χ1v) is 7.32. The summed E-state index contributed by atoms with van der Waals surface area (Å²) in [6, 6.07) is 3.53. The molecule has 0 fully saturated rings. The number of anilines is 1. The summed E-state index contributed by atoms with van der Waals surface area (Å²) in [7, 11) is 0. The van der Waals surface area contributed by atoms with Crippen LogP contribution in [0.2, 0.25) is 0 Å². The van der Waals surface area contributed by atoms with Crippen LogP contribution < -0.4 is 10.8 Å². The topological polar surface area (TPSA) is 102 Å². The molecule has 0 saturated carbocycles. The van der Waals surface area contributed by atoms with E-state index in [0.29, 0.717) is 18.5 Å². The molecule has 132 valence electrons. The summed E-state index contributed by atoms with van der Waals surface area (Å²) in [4.78, 5) is 17.1. The van der Waals surface area contributed by atoms with Crippen LogP contribution in [-0.2, 0) is 22.5 Å². The Hall–Kier alpha value is -1.34. The van der Waals surface area contributed by atoms with Gasteiger partial charge in [0.2, 0.25) is 5.91 Å². The number of aromatic hydroxyl groups is 1. The van der Waals surface area contributed by atoms with Gasteiger partial charge in [-0.2, -0.15) is 5.48 Å². The van der Waals surface area contributed by atoms with E-state index < -0.39 is 0 Å². The Labute approximate surface area is 143 Å².